The number of thioether (sulfide) groups is 1. The molecule has 0 aliphatic heterocycles. The molecule has 0 radical (unpaired) electrons. The van der Waals surface area contributed by atoms with Crippen LogP contribution in [0.15, 0.2) is 23.1 Å². The Bertz CT molecular complexity index is 411. The molecule has 1 aromatic rings. The van der Waals surface area contributed by atoms with Gasteiger partial charge in [-0.15, -0.1) is 11.8 Å². The number of carbonyl (C=O) groups excluding carboxylic acids is 1. The van der Waals surface area contributed by atoms with Crippen molar-refractivity contribution in [3.05, 3.63) is 29.6 Å². The van der Waals surface area contributed by atoms with Crippen LogP contribution in [0.5, 0.6) is 0 Å². The van der Waals surface area contributed by atoms with Crippen LogP contribution in [0.2, 0.25) is 0 Å². The molecule has 2 rings (SSSR count). The maximum absolute atomic E-state index is 13.6. The molecule has 0 spiro atoms. The van der Waals surface area contributed by atoms with Crippen molar-refractivity contribution in [2.45, 2.75) is 37.5 Å². The molecule has 17 heavy (non-hydrogen) atoms. The van der Waals surface area contributed by atoms with Gasteiger partial charge in [-0.3, -0.25) is 4.79 Å². The molecule has 1 aliphatic carbocycles. The molecule has 1 aromatic carbocycles. The third-order valence-electron chi connectivity index (χ3n) is 3.28. The summed E-state index contributed by atoms with van der Waals surface area (Å²) in [4.78, 5) is 12.2. The number of rotatable bonds is 4. The zero-order valence-electron chi connectivity index (χ0n) is 10.0. The number of halogens is 1. The van der Waals surface area contributed by atoms with Crippen LogP contribution in [0.3, 0.4) is 0 Å². The van der Waals surface area contributed by atoms with E-state index >= 15 is 0 Å². The predicted molar refractivity (Wildman–Crippen MR) is 69.1 cm³/mol. The van der Waals surface area contributed by atoms with Gasteiger partial charge in [0.1, 0.15) is 5.82 Å². The predicted octanol–water partition coefficient (Wildman–Crippen LogP) is 4.31. The highest BCUT2D eigenvalue weighted by molar-refractivity contribution is 7.99. The molecule has 3 heteroatoms. The zero-order chi connectivity index (χ0) is 12.3. The normalized spacial score (nSPS) is 16.4. The summed E-state index contributed by atoms with van der Waals surface area (Å²) in [5, 5.41) is 0. The fraction of sp³-hybridized carbons (Fsp3) is 0.500. The Labute approximate surface area is 106 Å². The Hall–Kier alpha value is -0.830. The van der Waals surface area contributed by atoms with Crippen LogP contribution in [0.1, 0.15) is 43.0 Å². The van der Waals surface area contributed by atoms with Crippen LogP contribution >= 0.6 is 11.8 Å². The highest BCUT2D eigenvalue weighted by atomic mass is 32.2. The molecule has 0 atom stereocenters. The van der Waals surface area contributed by atoms with E-state index < -0.39 is 5.82 Å². The van der Waals surface area contributed by atoms with Crippen molar-refractivity contribution in [3.63, 3.8) is 0 Å². The minimum Gasteiger partial charge on any atom is -0.294 e. The van der Waals surface area contributed by atoms with Gasteiger partial charge in [0, 0.05) is 10.6 Å². The molecule has 92 valence electrons. The van der Waals surface area contributed by atoms with Gasteiger partial charge in [0.05, 0.1) is 5.56 Å². The van der Waals surface area contributed by atoms with E-state index in [1.807, 2.05) is 6.07 Å². The van der Waals surface area contributed by atoms with E-state index in [0.29, 0.717) is 0 Å². The standard InChI is InChI=1S/C14H17FOS/c1-10(16)14-12(15)7-4-8-13(14)17-9-11-5-2-3-6-11/h4,7-8,11H,2-3,5-6,9H2,1H3. The van der Waals surface area contributed by atoms with E-state index in [1.165, 1.54) is 38.7 Å². The molecule has 0 N–H and O–H groups in total. The first-order valence-corrected chi connectivity index (χ1v) is 7.09. The molecule has 1 saturated carbocycles. The smallest absolute Gasteiger partial charge is 0.163 e. The maximum Gasteiger partial charge on any atom is 0.163 e. The minimum absolute atomic E-state index is 0.183. The SMILES string of the molecule is CC(=O)c1c(F)cccc1SCC1CCCC1. The van der Waals surface area contributed by atoms with Crippen molar-refractivity contribution < 1.29 is 9.18 Å². The number of carbonyl (C=O) groups is 1. The summed E-state index contributed by atoms with van der Waals surface area (Å²) < 4.78 is 13.6. The number of ketones is 1. The topological polar surface area (TPSA) is 17.1 Å². The Kier molecular flexibility index (Phi) is 4.21. The van der Waals surface area contributed by atoms with Crippen LogP contribution in [0, 0.1) is 11.7 Å². The van der Waals surface area contributed by atoms with Gasteiger partial charge in [-0.2, -0.15) is 0 Å². The van der Waals surface area contributed by atoms with Gasteiger partial charge in [-0.05, 0) is 37.8 Å². The third-order valence-corrected chi connectivity index (χ3v) is 4.57. The van der Waals surface area contributed by atoms with Crippen molar-refractivity contribution >= 4 is 17.5 Å². The first-order valence-electron chi connectivity index (χ1n) is 6.10. The second-order valence-electron chi connectivity index (χ2n) is 4.63. The lowest BCUT2D eigenvalue weighted by Gasteiger charge is -2.11. The number of hydrogen-bond donors (Lipinski definition) is 0. The molecular weight excluding hydrogens is 235 g/mol. The van der Waals surface area contributed by atoms with Crippen molar-refractivity contribution in [1.29, 1.82) is 0 Å². The molecule has 1 nitrogen and oxygen atoms in total. The van der Waals surface area contributed by atoms with Crippen molar-refractivity contribution in [1.82, 2.24) is 0 Å². The summed E-state index contributed by atoms with van der Waals surface area (Å²) >= 11 is 1.63. The fourth-order valence-corrected chi connectivity index (χ4v) is 3.66. The number of hydrogen-bond acceptors (Lipinski definition) is 2. The molecule has 0 bridgehead atoms. The highest BCUT2D eigenvalue weighted by Crippen LogP contribution is 2.33. The van der Waals surface area contributed by atoms with E-state index in [-0.39, 0.29) is 11.3 Å². The second kappa shape index (κ2) is 5.67. The zero-order valence-corrected chi connectivity index (χ0v) is 10.9. The van der Waals surface area contributed by atoms with Gasteiger partial charge in [0.25, 0.3) is 0 Å². The Balaban J connectivity index is 2.09. The van der Waals surface area contributed by atoms with Crippen LogP contribution in [0.25, 0.3) is 0 Å². The lowest BCUT2D eigenvalue weighted by Crippen LogP contribution is -2.02. The highest BCUT2D eigenvalue weighted by Gasteiger charge is 2.18. The van der Waals surface area contributed by atoms with Gasteiger partial charge in [0.15, 0.2) is 5.78 Å². The second-order valence-corrected chi connectivity index (χ2v) is 5.69. The van der Waals surface area contributed by atoms with E-state index in [2.05, 4.69) is 0 Å². The molecule has 1 fully saturated rings. The van der Waals surface area contributed by atoms with Crippen molar-refractivity contribution in [3.8, 4) is 0 Å². The summed E-state index contributed by atoms with van der Waals surface area (Å²) in [5.74, 6) is 1.16. The van der Waals surface area contributed by atoms with Crippen LogP contribution in [-0.2, 0) is 0 Å². The van der Waals surface area contributed by atoms with Crippen LogP contribution < -0.4 is 0 Å². The Morgan fingerprint density at radius 3 is 2.76 bits per heavy atom. The monoisotopic (exact) mass is 252 g/mol. The summed E-state index contributed by atoms with van der Waals surface area (Å²) in [7, 11) is 0. The quantitative estimate of drug-likeness (QED) is 0.586. The molecule has 1 aliphatic rings. The maximum atomic E-state index is 13.6. The molecule has 0 unspecified atom stereocenters. The summed E-state index contributed by atoms with van der Waals surface area (Å²) in [6.07, 6.45) is 5.18. The average molecular weight is 252 g/mol. The summed E-state index contributed by atoms with van der Waals surface area (Å²) in [6.45, 7) is 1.43. The lowest BCUT2D eigenvalue weighted by molar-refractivity contribution is 0.101. The lowest BCUT2D eigenvalue weighted by atomic mass is 10.1. The number of benzene rings is 1. The van der Waals surface area contributed by atoms with Gasteiger partial charge in [-0.1, -0.05) is 18.9 Å². The van der Waals surface area contributed by atoms with E-state index in [4.69, 9.17) is 0 Å². The van der Waals surface area contributed by atoms with Crippen LogP contribution in [-0.4, -0.2) is 11.5 Å². The molecule has 0 heterocycles. The van der Waals surface area contributed by atoms with E-state index in [1.54, 1.807) is 17.8 Å². The summed E-state index contributed by atoms with van der Waals surface area (Å²) in [5.41, 5.74) is 0.260. The Morgan fingerprint density at radius 2 is 2.12 bits per heavy atom. The first-order chi connectivity index (χ1) is 8.18. The first kappa shape index (κ1) is 12.6. The molecular formula is C14H17FOS. The average Bonchev–Trinajstić information content (AvgIpc) is 2.78. The fourth-order valence-electron chi connectivity index (χ4n) is 2.35. The third kappa shape index (κ3) is 3.09. The molecule has 0 saturated heterocycles. The summed E-state index contributed by atoms with van der Waals surface area (Å²) in [6, 6.07) is 4.88. The van der Waals surface area contributed by atoms with Gasteiger partial charge >= 0.3 is 0 Å². The van der Waals surface area contributed by atoms with Crippen molar-refractivity contribution in [2.24, 2.45) is 5.92 Å². The largest absolute Gasteiger partial charge is 0.294 e. The van der Waals surface area contributed by atoms with E-state index in [9.17, 15) is 9.18 Å². The van der Waals surface area contributed by atoms with Gasteiger partial charge < -0.3 is 0 Å². The van der Waals surface area contributed by atoms with Gasteiger partial charge in [-0.25, -0.2) is 4.39 Å². The Morgan fingerprint density at radius 1 is 1.41 bits per heavy atom. The molecule has 0 amide bonds. The van der Waals surface area contributed by atoms with Crippen molar-refractivity contribution in [2.75, 3.05) is 5.75 Å². The minimum atomic E-state index is -0.395. The van der Waals surface area contributed by atoms with Crippen LogP contribution in [0.4, 0.5) is 4.39 Å². The number of Topliss-reactive ketones (excluding diaryl/α,β-unsaturated/α-hetero) is 1. The molecule has 0 aromatic heterocycles. The van der Waals surface area contributed by atoms with Gasteiger partial charge in [0.2, 0.25) is 0 Å². The van der Waals surface area contributed by atoms with E-state index in [0.717, 1.165) is 16.6 Å².